The minimum absolute atomic E-state index is 0.0756. The first-order valence-electron chi connectivity index (χ1n) is 5.25. The second-order valence-corrected chi connectivity index (χ2v) is 5.01. The molecule has 0 unspecified atom stereocenters. The van der Waals surface area contributed by atoms with Gasteiger partial charge in [0, 0.05) is 6.20 Å². The van der Waals surface area contributed by atoms with Crippen molar-refractivity contribution in [2.45, 2.75) is 13.0 Å². The van der Waals surface area contributed by atoms with Crippen molar-refractivity contribution >= 4 is 40.2 Å². The molecule has 8 heteroatoms. The predicted octanol–water partition coefficient (Wildman–Crippen LogP) is 2.38. The van der Waals surface area contributed by atoms with Gasteiger partial charge >= 0.3 is 5.97 Å². The molecule has 0 bridgehead atoms. The number of carboxylic acid groups (broad SMARTS) is 1. The lowest BCUT2D eigenvalue weighted by Crippen LogP contribution is -2.23. The summed E-state index contributed by atoms with van der Waals surface area (Å²) in [7, 11) is 0. The Bertz CT molecular complexity index is 603. The lowest BCUT2D eigenvalue weighted by Gasteiger charge is -2.06. The summed E-state index contributed by atoms with van der Waals surface area (Å²) in [6.07, 6.45) is 0.599. The van der Waals surface area contributed by atoms with Gasteiger partial charge in [0.1, 0.15) is 8.72 Å². The first kappa shape index (κ1) is 14.1. The predicted molar refractivity (Wildman–Crippen MR) is 76.8 cm³/mol. The molecular formula is C11H9ClIN3O3. The van der Waals surface area contributed by atoms with E-state index in [-0.39, 0.29) is 10.9 Å². The Morgan fingerprint density at radius 2 is 2.32 bits per heavy atom. The van der Waals surface area contributed by atoms with Crippen LogP contribution in [-0.4, -0.2) is 31.9 Å². The zero-order valence-electron chi connectivity index (χ0n) is 9.75. The normalized spacial score (nSPS) is 12.2. The van der Waals surface area contributed by atoms with Gasteiger partial charge in [-0.3, -0.25) is 0 Å². The molecule has 2 rings (SSSR count). The molecule has 0 fully saturated rings. The zero-order chi connectivity index (χ0) is 14.0. The summed E-state index contributed by atoms with van der Waals surface area (Å²) in [4.78, 5) is 14.9. The van der Waals surface area contributed by atoms with Gasteiger partial charge in [-0.15, -0.1) is 5.10 Å². The van der Waals surface area contributed by atoms with Crippen molar-refractivity contribution in [1.82, 2.24) is 14.8 Å². The fourth-order valence-electron chi connectivity index (χ4n) is 1.28. The molecule has 2 heterocycles. The van der Waals surface area contributed by atoms with Gasteiger partial charge in [-0.25, -0.2) is 14.5 Å². The van der Waals surface area contributed by atoms with E-state index >= 15 is 0 Å². The molecule has 0 aliphatic rings. The minimum atomic E-state index is -1.08. The highest BCUT2D eigenvalue weighted by atomic mass is 127. The van der Waals surface area contributed by atoms with Crippen LogP contribution in [-0.2, 0) is 4.79 Å². The highest BCUT2D eigenvalue weighted by molar-refractivity contribution is 14.1. The van der Waals surface area contributed by atoms with Crippen molar-refractivity contribution in [3.05, 3.63) is 33.1 Å². The lowest BCUT2D eigenvalue weighted by molar-refractivity contribution is -0.144. The SMILES string of the molecule is C[C@@H](Oc1nn(-c2ccccn2)c(I)c1Cl)C(=O)O. The van der Waals surface area contributed by atoms with Crippen LogP contribution in [0.2, 0.25) is 5.02 Å². The van der Waals surface area contributed by atoms with Gasteiger partial charge in [0.25, 0.3) is 5.88 Å². The van der Waals surface area contributed by atoms with E-state index in [2.05, 4.69) is 10.1 Å². The molecule has 2 aromatic heterocycles. The quantitative estimate of drug-likeness (QED) is 0.807. The third-order valence-electron chi connectivity index (χ3n) is 2.25. The number of hydrogen-bond acceptors (Lipinski definition) is 4. The number of nitrogens with zero attached hydrogens (tertiary/aromatic N) is 3. The number of rotatable bonds is 4. The van der Waals surface area contributed by atoms with Crippen molar-refractivity contribution in [3.8, 4) is 11.7 Å². The fourth-order valence-corrected chi connectivity index (χ4v) is 2.03. The average molecular weight is 394 g/mol. The van der Waals surface area contributed by atoms with Crippen LogP contribution in [0.3, 0.4) is 0 Å². The molecule has 1 N–H and O–H groups in total. The molecule has 0 saturated carbocycles. The smallest absolute Gasteiger partial charge is 0.344 e. The molecule has 6 nitrogen and oxygen atoms in total. The van der Waals surface area contributed by atoms with E-state index < -0.39 is 12.1 Å². The largest absolute Gasteiger partial charge is 0.479 e. The Morgan fingerprint density at radius 1 is 1.58 bits per heavy atom. The highest BCUT2D eigenvalue weighted by Crippen LogP contribution is 2.30. The summed E-state index contributed by atoms with van der Waals surface area (Å²) < 4.78 is 7.29. The van der Waals surface area contributed by atoms with E-state index in [4.69, 9.17) is 21.4 Å². The summed E-state index contributed by atoms with van der Waals surface area (Å²) in [6, 6.07) is 5.36. The van der Waals surface area contributed by atoms with Crippen LogP contribution in [0.5, 0.6) is 5.88 Å². The lowest BCUT2D eigenvalue weighted by atomic mass is 10.4. The van der Waals surface area contributed by atoms with Crippen LogP contribution in [0.15, 0.2) is 24.4 Å². The van der Waals surface area contributed by atoms with Gasteiger partial charge in [0.05, 0.1) is 0 Å². The van der Waals surface area contributed by atoms with Crippen LogP contribution in [0.25, 0.3) is 5.82 Å². The van der Waals surface area contributed by atoms with Crippen LogP contribution in [0.4, 0.5) is 0 Å². The van der Waals surface area contributed by atoms with E-state index in [1.54, 1.807) is 18.3 Å². The van der Waals surface area contributed by atoms with Crippen LogP contribution in [0, 0.1) is 3.70 Å². The molecule has 0 amide bonds. The molecule has 0 aliphatic carbocycles. The van der Waals surface area contributed by atoms with E-state index in [9.17, 15) is 4.79 Å². The molecular weight excluding hydrogens is 384 g/mol. The van der Waals surface area contributed by atoms with E-state index in [0.717, 1.165) is 0 Å². The van der Waals surface area contributed by atoms with Crippen molar-refractivity contribution in [2.75, 3.05) is 0 Å². The Labute approximate surface area is 127 Å². The number of hydrogen-bond donors (Lipinski definition) is 1. The Morgan fingerprint density at radius 3 is 2.89 bits per heavy atom. The first-order chi connectivity index (χ1) is 9.00. The maximum Gasteiger partial charge on any atom is 0.344 e. The van der Waals surface area contributed by atoms with E-state index in [1.807, 2.05) is 28.7 Å². The summed E-state index contributed by atoms with van der Waals surface area (Å²) in [5, 5.41) is 13.2. The van der Waals surface area contributed by atoms with Crippen molar-refractivity contribution < 1.29 is 14.6 Å². The van der Waals surface area contributed by atoms with Crippen LogP contribution >= 0.6 is 34.2 Å². The molecule has 0 aliphatic heterocycles. The maximum atomic E-state index is 10.8. The number of halogens is 2. The van der Waals surface area contributed by atoms with Crippen LogP contribution < -0.4 is 4.74 Å². The second kappa shape index (κ2) is 5.74. The van der Waals surface area contributed by atoms with Crippen molar-refractivity contribution in [1.29, 1.82) is 0 Å². The van der Waals surface area contributed by atoms with Crippen molar-refractivity contribution in [2.24, 2.45) is 0 Å². The first-order valence-corrected chi connectivity index (χ1v) is 6.71. The van der Waals surface area contributed by atoms with Gasteiger partial charge in [0.15, 0.2) is 11.9 Å². The van der Waals surface area contributed by atoms with Gasteiger partial charge in [-0.05, 0) is 41.6 Å². The number of pyridine rings is 1. The molecule has 1 atom stereocenters. The van der Waals surface area contributed by atoms with Crippen LogP contribution in [0.1, 0.15) is 6.92 Å². The molecule has 0 aromatic carbocycles. The average Bonchev–Trinajstić information content (AvgIpc) is 2.68. The monoisotopic (exact) mass is 393 g/mol. The zero-order valence-corrected chi connectivity index (χ0v) is 12.7. The van der Waals surface area contributed by atoms with Crippen molar-refractivity contribution in [3.63, 3.8) is 0 Å². The summed E-state index contributed by atoms with van der Waals surface area (Å²) >= 11 is 8.07. The Kier molecular flexibility index (Phi) is 4.25. The number of aromatic nitrogens is 3. The summed E-state index contributed by atoms with van der Waals surface area (Å²) in [5.74, 6) is -0.434. The maximum absolute atomic E-state index is 10.8. The molecule has 0 radical (unpaired) electrons. The van der Waals surface area contributed by atoms with Gasteiger partial charge in [-0.1, -0.05) is 17.7 Å². The third-order valence-corrected chi connectivity index (χ3v) is 3.90. The second-order valence-electron chi connectivity index (χ2n) is 3.61. The standard InChI is InChI=1S/C11H9ClIN3O3/c1-6(11(17)18)19-10-8(12)9(13)16(15-10)7-4-2-3-5-14-7/h2-6H,1H3,(H,17,18)/t6-/m1/s1. The number of carbonyl (C=O) groups is 1. The van der Waals surface area contributed by atoms with E-state index in [1.165, 1.54) is 11.6 Å². The number of carboxylic acids is 1. The summed E-state index contributed by atoms with van der Waals surface area (Å²) in [6.45, 7) is 1.41. The number of aliphatic carboxylic acids is 1. The topological polar surface area (TPSA) is 77.2 Å². The van der Waals surface area contributed by atoms with Gasteiger partial charge < -0.3 is 9.84 Å². The molecule has 100 valence electrons. The Hall–Kier alpha value is -1.35. The number of ether oxygens (including phenoxy) is 1. The molecule has 0 spiro atoms. The fraction of sp³-hybridized carbons (Fsp3) is 0.182. The Balaban J connectivity index is 2.36. The van der Waals surface area contributed by atoms with E-state index in [0.29, 0.717) is 9.52 Å². The molecule has 0 saturated heterocycles. The molecule has 19 heavy (non-hydrogen) atoms. The van der Waals surface area contributed by atoms with Gasteiger partial charge in [-0.2, -0.15) is 0 Å². The minimum Gasteiger partial charge on any atom is -0.479 e. The molecule has 2 aromatic rings. The third kappa shape index (κ3) is 2.98. The summed E-state index contributed by atoms with van der Waals surface area (Å²) in [5.41, 5.74) is 0. The highest BCUT2D eigenvalue weighted by Gasteiger charge is 2.21. The van der Waals surface area contributed by atoms with Gasteiger partial charge in [0.2, 0.25) is 0 Å².